The monoisotopic (exact) mass is 323 g/mol. The molecule has 0 aliphatic heterocycles. The molecule has 0 saturated heterocycles. The number of ketones is 1. The van der Waals surface area contributed by atoms with Crippen molar-refractivity contribution in [3.05, 3.63) is 24.0 Å². The number of Topliss-reactive ketones (excluding diaryl/α,β-unsaturated/α-hetero) is 1. The fourth-order valence-electron chi connectivity index (χ4n) is 3.02. The van der Waals surface area contributed by atoms with Crippen molar-refractivity contribution >= 4 is 17.5 Å². The van der Waals surface area contributed by atoms with Crippen molar-refractivity contribution < 1.29 is 24.6 Å². The molecule has 6 heteroatoms. The summed E-state index contributed by atoms with van der Waals surface area (Å²) in [5.41, 5.74) is -1.75. The van der Waals surface area contributed by atoms with Crippen molar-refractivity contribution in [3.8, 4) is 0 Å². The first kappa shape index (κ1) is 18.9. The average molecular weight is 323 g/mol. The second-order valence-electron chi connectivity index (χ2n) is 6.58. The van der Waals surface area contributed by atoms with Gasteiger partial charge in [0.25, 0.3) is 0 Å². The second kappa shape index (κ2) is 6.98. The minimum absolute atomic E-state index is 0.0309. The molecule has 0 aromatic carbocycles. The summed E-state index contributed by atoms with van der Waals surface area (Å²) < 4.78 is 0. The molecular weight excluding hydrogens is 298 g/mol. The summed E-state index contributed by atoms with van der Waals surface area (Å²) in [5.74, 6) is -1.73. The molecule has 1 aliphatic rings. The van der Waals surface area contributed by atoms with Crippen LogP contribution in [-0.4, -0.2) is 34.3 Å². The van der Waals surface area contributed by atoms with Crippen LogP contribution in [-0.2, 0) is 14.4 Å². The van der Waals surface area contributed by atoms with Crippen molar-refractivity contribution in [1.29, 1.82) is 0 Å². The van der Waals surface area contributed by atoms with E-state index in [2.05, 4.69) is 11.7 Å². The quantitative estimate of drug-likeness (QED) is 0.246. The highest BCUT2D eigenvalue weighted by Gasteiger charge is 2.59. The minimum atomic E-state index is -1.58. The van der Waals surface area contributed by atoms with E-state index in [1.54, 1.807) is 26.8 Å². The van der Waals surface area contributed by atoms with Gasteiger partial charge >= 0.3 is 5.97 Å². The Morgan fingerprint density at radius 1 is 1.48 bits per heavy atom. The Hall–Kier alpha value is -2.11. The molecular formula is C17H25NO5. The van der Waals surface area contributed by atoms with Gasteiger partial charge in [0.1, 0.15) is 12.0 Å². The summed E-state index contributed by atoms with van der Waals surface area (Å²) in [7, 11) is 0. The number of hydrogen-bond acceptors (Lipinski definition) is 5. The molecule has 0 spiro atoms. The molecule has 1 aliphatic carbocycles. The van der Waals surface area contributed by atoms with E-state index < -0.39 is 22.6 Å². The topological polar surface area (TPSA) is 96.2 Å². The highest BCUT2D eigenvalue weighted by atomic mass is 16.6. The van der Waals surface area contributed by atoms with Crippen molar-refractivity contribution in [3.63, 3.8) is 0 Å². The van der Waals surface area contributed by atoms with Gasteiger partial charge in [-0.1, -0.05) is 31.7 Å². The number of oxime groups is 1. The summed E-state index contributed by atoms with van der Waals surface area (Å²) >= 11 is 0. The molecule has 6 nitrogen and oxygen atoms in total. The molecule has 0 fully saturated rings. The van der Waals surface area contributed by atoms with E-state index in [9.17, 15) is 19.8 Å². The lowest BCUT2D eigenvalue weighted by atomic mass is 9.55. The normalized spacial score (nSPS) is 24.5. The van der Waals surface area contributed by atoms with Crippen LogP contribution < -0.4 is 0 Å². The molecule has 0 aromatic rings. The number of aliphatic carboxylic acids is 1. The van der Waals surface area contributed by atoms with Crippen LogP contribution in [0, 0.1) is 10.8 Å². The Morgan fingerprint density at radius 3 is 2.61 bits per heavy atom. The predicted octanol–water partition coefficient (Wildman–Crippen LogP) is 3.25. The van der Waals surface area contributed by atoms with Crippen molar-refractivity contribution in [2.75, 3.05) is 6.61 Å². The van der Waals surface area contributed by atoms with Crippen LogP contribution in [0.4, 0.5) is 0 Å². The summed E-state index contributed by atoms with van der Waals surface area (Å²) in [4.78, 5) is 29.7. The standard InChI is InChI=1S/C17H25NO5/c1-6-9-23-18-11(2)7-8-17(15(21)22)14(20)12(3)13(19)10-16(17,4)5/h6,19H,1,7-10H2,2-5H3,(H,21,22). The zero-order valence-electron chi connectivity index (χ0n) is 14.2. The number of aliphatic hydroxyl groups excluding tert-OH is 1. The maximum absolute atomic E-state index is 12.7. The Bertz CT molecular complexity index is 574. The maximum atomic E-state index is 12.7. The zero-order chi connectivity index (χ0) is 17.8. The first-order valence-corrected chi connectivity index (χ1v) is 7.53. The summed E-state index contributed by atoms with van der Waals surface area (Å²) in [6.45, 7) is 10.4. The van der Waals surface area contributed by atoms with Gasteiger partial charge in [-0.05, 0) is 32.1 Å². The van der Waals surface area contributed by atoms with Gasteiger partial charge in [-0.15, -0.1) is 0 Å². The van der Waals surface area contributed by atoms with Crippen LogP contribution >= 0.6 is 0 Å². The van der Waals surface area contributed by atoms with Crippen molar-refractivity contribution in [2.45, 2.75) is 47.0 Å². The maximum Gasteiger partial charge on any atom is 0.318 e. The van der Waals surface area contributed by atoms with Crippen LogP contribution in [0.15, 0.2) is 29.1 Å². The average Bonchev–Trinajstić information content (AvgIpc) is 2.44. The molecule has 2 N–H and O–H groups in total. The fourth-order valence-corrected chi connectivity index (χ4v) is 3.02. The highest BCUT2D eigenvalue weighted by Crippen LogP contribution is 2.52. The lowest BCUT2D eigenvalue weighted by molar-refractivity contribution is -0.164. The molecule has 128 valence electrons. The van der Waals surface area contributed by atoms with E-state index in [0.717, 1.165) is 0 Å². The van der Waals surface area contributed by atoms with Gasteiger partial charge in [0.2, 0.25) is 0 Å². The van der Waals surface area contributed by atoms with Crippen LogP contribution in [0.3, 0.4) is 0 Å². The Morgan fingerprint density at radius 2 is 2.09 bits per heavy atom. The number of aliphatic hydroxyl groups is 1. The van der Waals surface area contributed by atoms with Crippen LogP contribution in [0.1, 0.15) is 47.0 Å². The van der Waals surface area contributed by atoms with E-state index in [0.29, 0.717) is 12.1 Å². The first-order chi connectivity index (χ1) is 10.6. The van der Waals surface area contributed by atoms with E-state index in [1.807, 2.05) is 0 Å². The molecule has 1 rings (SSSR count). The van der Waals surface area contributed by atoms with Crippen molar-refractivity contribution in [1.82, 2.24) is 0 Å². The highest BCUT2D eigenvalue weighted by molar-refractivity contribution is 6.13. The molecule has 0 bridgehead atoms. The Kier molecular flexibility index (Phi) is 5.75. The molecule has 0 radical (unpaired) electrons. The molecule has 0 aromatic heterocycles. The SMILES string of the molecule is C=CCON=C(C)CCC1(C(=O)O)C(=O)C(C)=C(O)CC1(C)C. The largest absolute Gasteiger partial charge is 0.512 e. The van der Waals surface area contributed by atoms with Crippen molar-refractivity contribution in [2.24, 2.45) is 16.0 Å². The Labute approximate surface area is 136 Å². The van der Waals surface area contributed by atoms with Crippen LogP contribution in [0.2, 0.25) is 0 Å². The van der Waals surface area contributed by atoms with E-state index in [1.165, 1.54) is 6.92 Å². The number of hydrogen-bond donors (Lipinski definition) is 2. The Balaban J connectivity index is 3.13. The molecule has 0 amide bonds. The van der Waals surface area contributed by atoms with E-state index >= 15 is 0 Å². The number of allylic oxidation sites excluding steroid dienone is 2. The molecule has 0 heterocycles. The smallest absolute Gasteiger partial charge is 0.318 e. The van der Waals surface area contributed by atoms with Gasteiger partial charge in [-0.25, -0.2) is 0 Å². The minimum Gasteiger partial charge on any atom is -0.512 e. The van der Waals surface area contributed by atoms with Gasteiger partial charge in [-0.2, -0.15) is 0 Å². The third kappa shape index (κ3) is 3.46. The number of rotatable bonds is 7. The predicted molar refractivity (Wildman–Crippen MR) is 87.3 cm³/mol. The van der Waals surface area contributed by atoms with Gasteiger partial charge in [0.05, 0.1) is 11.5 Å². The summed E-state index contributed by atoms with van der Waals surface area (Å²) in [6, 6.07) is 0. The van der Waals surface area contributed by atoms with E-state index in [4.69, 9.17) is 4.84 Å². The molecule has 0 saturated carbocycles. The lowest BCUT2D eigenvalue weighted by Crippen LogP contribution is -2.54. The summed E-state index contributed by atoms with van der Waals surface area (Å²) in [5, 5.41) is 23.6. The van der Waals surface area contributed by atoms with E-state index in [-0.39, 0.29) is 30.8 Å². The van der Waals surface area contributed by atoms with Crippen LogP contribution in [0.25, 0.3) is 0 Å². The second-order valence-corrected chi connectivity index (χ2v) is 6.58. The fraction of sp³-hybridized carbons (Fsp3) is 0.588. The third-order valence-electron chi connectivity index (χ3n) is 4.57. The van der Waals surface area contributed by atoms with Gasteiger partial charge in [0.15, 0.2) is 5.78 Å². The van der Waals surface area contributed by atoms with Gasteiger partial charge in [-0.3, -0.25) is 9.59 Å². The summed E-state index contributed by atoms with van der Waals surface area (Å²) in [6.07, 6.45) is 2.12. The third-order valence-corrected chi connectivity index (χ3v) is 4.57. The van der Waals surface area contributed by atoms with Gasteiger partial charge < -0.3 is 15.1 Å². The zero-order valence-corrected chi connectivity index (χ0v) is 14.2. The number of carboxylic acids is 1. The first-order valence-electron chi connectivity index (χ1n) is 7.53. The number of carbonyl (C=O) groups excluding carboxylic acids is 1. The lowest BCUT2D eigenvalue weighted by Gasteiger charge is -2.45. The molecule has 1 unspecified atom stereocenters. The molecule has 1 atom stereocenters. The number of carboxylic acid groups (broad SMARTS) is 1. The number of carbonyl (C=O) groups is 2. The van der Waals surface area contributed by atoms with Gasteiger partial charge in [0, 0.05) is 12.0 Å². The van der Waals surface area contributed by atoms with Crippen LogP contribution in [0.5, 0.6) is 0 Å². The molecule has 23 heavy (non-hydrogen) atoms. The number of nitrogens with zero attached hydrogens (tertiary/aromatic N) is 1.